The van der Waals surface area contributed by atoms with Gasteiger partial charge in [0.25, 0.3) is 0 Å². The Kier molecular flexibility index (Phi) is 1.90. The van der Waals surface area contributed by atoms with E-state index in [1.54, 1.807) is 6.08 Å². The lowest BCUT2D eigenvalue weighted by Gasteiger charge is -2.19. The molecule has 0 aromatic carbocycles. The molecule has 0 N–H and O–H groups in total. The number of azo groups is 1. The van der Waals surface area contributed by atoms with Crippen molar-refractivity contribution < 1.29 is 9.18 Å². The zero-order chi connectivity index (χ0) is 9.47. The van der Waals surface area contributed by atoms with Crippen LogP contribution in [0.25, 0.3) is 0 Å². The summed E-state index contributed by atoms with van der Waals surface area (Å²) in [7, 11) is 0. The maximum atomic E-state index is 13.8. The first-order valence-corrected chi connectivity index (χ1v) is 4.61. The Morgan fingerprint density at radius 2 is 2.38 bits per heavy atom. The van der Waals surface area contributed by atoms with Crippen LogP contribution in [-0.4, -0.2) is 12.0 Å². The minimum absolute atomic E-state index is 0.225. The van der Waals surface area contributed by atoms with E-state index in [1.165, 1.54) is 12.3 Å². The molecule has 2 aliphatic rings. The Labute approximate surface area is 87.2 Å². The molecule has 0 bridgehead atoms. The van der Waals surface area contributed by atoms with Crippen molar-refractivity contribution in [2.45, 2.75) is 5.67 Å². The second-order valence-corrected chi connectivity index (χ2v) is 3.95. The average Bonchev–Trinajstić information content (AvgIpc) is 2.52. The van der Waals surface area contributed by atoms with E-state index in [1.807, 2.05) is 22.6 Å². The van der Waals surface area contributed by atoms with Crippen LogP contribution in [0.15, 0.2) is 43.4 Å². The lowest BCUT2D eigenvalue weighted by molar-refractivity contribution is -0.113. The number of carbonyl (C=O) groups is 1. The van der Waals surface area contributed by atoms with E-state index in [-0.39, 0.29) is 11.9 Å². The van der Waals surface area contributed by atoms with Crippen LogP contribution in [0.5, 0.6) is 0 Å². The predicted octanol–water partition coefficient (Wildman–Crippen LogP) is 2.46. The molecule has 1 aliphatic carbocycles. The molecule has 0 aromatic rings. The number of rotatable bonds is 1. The molecule has 1 heterocycles. The first-order chi connectivity index (χ1) is 6.15. The van der Waals surface area contributed by atoms with Crippen molar-refractivity contribution in [3.05, 3.63) is 33.2 Å². The zero-order valence-corrected chi connectivity index (χ0v) is 8.53. The summed E-state index contributed by atoms with van der Waals surface area (Å²) < 4.78 is 14.5. The molecule has 0 unspecified atom stereocenters. The maximum Gasteiger partial charge on any atom is 0.213 e. The van der Waals surface area contributed by atoms with Gasteiger partial charge in [0, 0.05) is 9.15 Å². The number of halogens is 2. The molecule has 66 valence electrons. The van der Waals surface area contributed by atoms with Crippen LogP contribution in [0.3, 0.4) is 0 Å². The smallest absolute Gasteiger partial charge is 0.213 e. The van der Waals surface area contributed by atoms with Gasteiger partial charge in [0.1, 0.15) is 0 Å². The van der Waals surface area contributed by atoms with Crippen molar-refractivity contribution in [2.24, 2.45) is 10.2 Å². The Bertz CT molecular complexity index is 397. The summed E-state index contributed by atoms with van der Waals surface area (Å²) >= 11 is 1.94. The number of carbonyl (C=O) groups excluding carboxylic acids is 1. The lowest BCUT2D eigenvalue weighted by Crippen LogP contribution is -2.27. The highest BCUT2D eigenvalue weighted by molar-refractivity contribution is 14.1. The SMILES string of the molecule is O=C[C@@]1(F)C=C(I)C=C2N=NC=C21. The molecule has 3 nitrogen and oxygen atoms in total. The summed E-state index contributed by atoms with van der Waals surface area (Å²) in [5.74, 6) is 0. The van der Waals surface area contributed by atoms with Crippen molar-refractivity contribution in [3.63, 3.8) is 0 Å². The van der Waals surface area contributed by atoms with E-state index in [4.69, 9.17) is 0 Å². The monoisotopic (exact) mass is 290 g/mol. The van der Waals surface area contributed by atoms with Crippen LogP contribution in [0.4, 0.5) is 4.39 Å². The van der Waals surface area contributed by atoms with Crippen LogP contribution in [-0.2, 0) is 4.79 Å². The van der Waals surface area contributed by atoms with Crippen LogP contribution in [0.2, 0.25) is 0 Å². The first kappa shape index (κ1) is 8.74. The maximum absolute atomic E-state index is 13.8. The van der Waals surface area contributed by atoms with Gasteiger partial charge in [-0.3, -0.25) is 4.79 Å². The molecule has 0 amide bonds. The Hall–Kier alpha value is -0.850. The van der Waals surface area contributed by atoms with Crippen LogP contribution in [0, 0.1) is 0 Å². The van der Waals surface area contributed by atoms with Crippen LogP contribution in [0.1, 0.15) is 0 Å². The third-order valence-electron chi connectivity index (χ3n) is 1.84. The summed E-state index contributed by atoms with van der Waals surface area (Å²) in [6.07, 6.45) is 4.48. The van der Waals surface area contributed by atoms with Gasteiger partial charge < -0.3 is 0 Å². The molecule has 0 aromatic heterocycles. The molecular weight excluding hydrogens is 286 g/mol. The fourth-order valence-electron chi connectivity index (χ4n) is 1.22. The second kappa shape index (κ2) is 2.83. The lowest BCUT2D eigenvalue weighted by atomic mass is 9.91. The van der Waals surface area contributed by atoms with Crippen LogP contribution >= 0.6 is 22.6 Å². The largest absolute Gasteiger partial charge is 0.299 e. The third-order valence-corrected chi connectivity index (χ3v) is 2.46. The Balaban J connectivity index is 2.56. The number of aldehydes is 1. The minimum atomic E-state index is -2.05. The Morgan fingerprint density at radius 3 is 3.08 bits per heavy atom. The number of fused-ring (bicyclic) bond motifs is 1. The molecule has 5 heteroatoms. The normalized spacial score (nSPS) is 30.5. The molecular formula is C8H4FIN2O. The van der Waals surface area contributed by atoms with Crippen molar-refractivity contribution in [3.8, 4) is 0 Å². The number of hydrogen-bond donors (Lipinski definition) is 0. The highest BCUT2D eigenvalue weighted by Gasteiger charge is 2.38. The predicted molar refractivity (Wildman–Crippen MR) is 53.0 cm³/mol. The molecule has 0 saturated carbocycles. The van der Waals surface area contributed by atoms with E-state index >= 15 is 0 Å². The molecule has 1 atom stereocenters. The van der Waals surface area contributed by atoms with Gasteiger partial charge in [-0.2, -0.15) is 10.2 Å². The average molecular weight is 290 g/mol. The van der Waals surface area contributed by atoms with Gasteiger partial charge >= 0.3 is 0 Å². The standard InChI is InChI=1S/C8H4FIN2O/c9-8(4-13)2-5(10)1-7-6(8)3-11-12-7/h1-4H/t8-/m0/s1. The molecule has 2 rings (SSSR count). The van der Waals surface area contributed by atoms with Gasteiger partial charge in [-0.25, -0.2) is 4.39 Å². The highest BCUT2D eigenvalue weighted by atomic mass is 127. The molecule has 0 saturated heterocycles. The van der Waals surface area contributed by atoms with Crippen molar-refractivity contribution in [2.75, 3.05) is 0 Å². The van der Waals surface area contributed by atoms with Crippen LogP contribution < -0.4 is 0 Å². The molecule has 0 fully saturated rings. The van der Waals surface area contributed by atoms with Crippen molar-refractivity contribution >= 4 is 28.9 Å². The van der Waals surface area contributed by atoms with Gasteiger partial charge in [-0.1, -0.05) is 0 Å². The third kappa shape index (κ3) is 1.27. The number of nitrogens with zero attached hydrogens (tertiary/aromatic N) is 2. The summed E-state index contributed by atoms with van der Waals surface area (Å²) in [5, 5.41) is 7.27. The van der Waals surface area contributed by atoms with Gasteiger partial charge in [0.2, 0.25) is 5.67 Å². The number of allylic oxidation sites excluding steroid dienone is 4. The van der Waals surface area contributed by atoms with Gasteiger partial charge in [0.05, 0.1) is 11.9 Å². The summed E-state index contributed by atoms with van der Waals surface area (Å²) in [6.45, 7) is 0. The van der Waals surface area contributed by atoms with E-state index in [2.05, 4.69) is 10.2 Å². The summed E-state index contributed by atoms with van der Waals surface area (Å²) in [6, 6.07) is 0. The fourth-order valence-corrected chi connectivity index (χ4v) is 1.97. The second-order valence-electron chi connectivity index (χ2n) is 2.70. The van der Waals surface area contributed by atoms with Gasteiger partial charge in [0.15, 0.2) is 6.29 Å². The fraction of sp³-hybridized carbons (Fsp3) is 0.125. The van der Waals surface area contributed by atoms with Gasteiger partial charge in [-0.15, -0.1) is 0 Å². The van der Waals surface area contributed by atoms with E-state index in [9.17, 15) is 9.18 Å². The minimum Gasteiger partial charge on any atom is -0.299 e. The Morgan fingerprint density at radius 1 is 1.62 bits per heavy atom. The van der Waals surface area contributed by atoms with E-state index in [0.717, 1.165) is 0 Å². The molecule has 0 radical (unpaired) electrons. The molecule has 1 aliphatic heterocycles. The first-order valence-electron chi connectivity index (χ1n) is 3.53. The van der Waals surface area contributed by atoms with Crippen molar-refractivity contribution in [1.82, 2.24) is 0 Å². The summed E-state index contributed by atoms with van der Waals surface area (Å²) in [4.78, 5) is 10.6. The zero-order valence-electron chi connectivity index (χ0n) is 6.37. The number of alkyl halides is 1. The molecule has 0 spiro atoms. The topological polar surface area (TPSA) is 41.8 Å². The van der Waals surface area contributed by atoms with Crippen molar-refractivity contribution in [1.29, 1.82) is 0 Å². The van der Waals surface area contributed by atoms with E-state index in [0.29, 0.717) is 9.28 Å². The number of hydrogen-bond acceptors (Lipinski definition) is 3. The van der Waals surface area contributed by atoms with Gasteiger partial charge in [-0.05, 0) is 34.7 Å². The van der Waals surface area contributed by atoms with E-state index < -0.39 is 5.67 Å². The highest BCUT2D eigenvalue weighted by Crippen LogP contribution is 2.39. The quantitative estimate of drug-likeness (QED) is 0.540. The summed E-state index contributed by atoms with van der Waals surface area (Å²) in [5.41, 5.74) is -1.39. The molecule has 13 heavy (non-hydrogen) atoms.